The van der Waals surface area contributed by atoms with Gasteiger partial charge in [-0.25, -0.2) is 4.98 Å². The molecule has 0 aliphatic carbocycles. The van der Waals surface area contributed by atoms with E-state index in [9.17, 15) is 9.59 Å². The zero-order valence-corrected chi connectivity index (χ0v) is 16.9. The van der Waals surface area contributed by atoms with Crippen molar-refractivity contribution in [2.24, 2.45) is 5.92 Å². The van der Waals surface area contributed by atoms with E-state index in [4.69, 9.17) is 0 Å². The van der Waals surface area contributed by atoms with Gasteiger partial charge in [-0.3, -0.25) is 9.59 Å². The molecule has 30 heavy (non-hydrogen) atoms. The van der Waals surface area contributed by atoms with Gasteiger partial charge in [0.1, 0.15) is 0 Å². The van der Waals surface area contributed by atoms with Gasteiger partial charge in [0.15, 0.2) is 0 Å². The lowest BCUT2D eigenvalue weighted by atomic mass is 9.97. The summed E-state index contributed by atoms with van der Waals surface area (Å²) in [4.78, 5) is 33.9. The molecule has 0 bridgehead atoms. The molecule has 3 aromatic rings. The van der Waals surface area contributed by atoms with Crippen LogP contribution in [0.5, 0.6) is 0 Å². The standard InChI is InChI=1S/C24H26N4O2/c29-23(13-22-15-25-17-27-22)28-12-4-5-18(16-28)14-26-24(30)21-10-8-20(9-11-21)19-6-2-1-3-7-19/h1-3,6-11,15,17-18H,4-5,12-14,16H2,(H,25,27)(H,26,30)/t18-/m0/s1. The summed E-state index contributed by atoms with van der Waals surface area (Å²) in [5.41, 5.74) is 3.70. The SMILES string of the molecule is O=C(NC[C@@H]1CCCN(C(=O)Cc2cnc[nH]2)C1)c1ccc(-c2ccccc2)cc1. The molecule has 4 rings (SSSR count). The van der Waals surface area contributed by atoms with Crippen LogP contribution in [0.4, 0.5) is 0 Å². The highest BCUT2D eigenvalue weighted by molar-refractivity contribution is 5.94. The maximum atomic E-state index is 12.6. The molecular formula is C24H26N4O2. The summed E-state index contributed by atoms with van der Waals surface area (Å²) >= 11 is 0. The van der Waals surface area contributed by atoms with E-state index >= 15 is 0 Å². The number of carbonyl (C=O) groups excluding carboxylic acids is 2. The maximum Gasteiger partial charge on any atom is 0.251 e. The van der Waals surface area contributed by atoms with E-state index in [-0.39, 0.29) is 17.7 Å². The van der Waals surface area contributed by atoms with Crippen molar-refractivity contribution in [3.63, 3.8) is 0 Å². The largest absolute Gasteiger partial charge is 0.352 e. The summed E-state index contributed by atoms with van der Waals surface area (Å²) in [6, 6.07) is 17.8. The Morgan fingerprint density at radius 3 is 2.57 bits per heavy atom. The van der Waals surface area contributed by atoms with Crippen molar-refractivity contribution in [1.82, 2.24) is 20.2 Å². The summed E-state index contributed by atoms with van der Waals surface area (Å²) in [7, 11) is 0. The molecule has 154 valence electrons. The number of piperidine rings is 1. The highest BCUT2D eigenvalue weighted by Gasteiger charge is 2.24. The van der Waals surface area contributed by atoms with Crippen LogP contribution in [-0.2, 0) is 11.2 Å². The van der Waals surface area contributed by atoms with Gasteiger partial charge in [-0.15, -0.1) is 0 Å². The Morgan fingerprint density at radius 1 is 1.07 bits per heavy atom. The smallest absolute Gasteiger partial charge is 0.251 e. The molecule has 2 heterocycles. The Labute approximate surface area is 176 Å². The Kier molecular flexibility index (Phi) is 6.23. The number of imidazole rings is 1. The van der Waals surface area contributed by atoms with Crippen LogP contribution in [0, 0.1) is 5.92 Å². The van der Waals surface area contributed by atoms with Crippen molar-refractivity contribution in [2.75, 3.05) is 19.6 Å². The van der Waals surface area contributed by atoms with E-state index in [1.807, 2.05) is 47.4 Å². The van der Waals surface area contributed by atoms with Crippen molar-refractivity contribution < 1.29 is 9.59 Å². The fraction of sp³-hybridized carbons (Fsp3) is 0.292. The number of hydrogen-bond donors (Lipinski definition) is 2. The van der Waals surface area contributed by atoms with E-state index in [1.54, 1.807) is 12.5 Å². The Morgan fingerprint density at radius 2 is 1.83 bits per heavy atom. The molecule has 2 amide bonds. The predicted molar refractivity (Wildman–Crippen MR) is 116 cm³/mol. The number of benzene rings is 2. The molecule has 1 aliphatic rings. The average molecular weight is 402 g/mol. The summed E-state index contributed by atoms with van der Waals surface area (Å²) in [5, 5.41) is 3.04. The normalized spacial score (nSPS) is 16.3. The van der Waals surface area contributed by atoms with Crippen LogP contribution in [-0.4, -0.2) is 46.3 Å². The fourth-order valence-electron chi connectivity index (χ4n) is 3.90. The summed E-state index contributed by atoms with van der Waals surface area (Å²) < 4.78 is 0. The molecule has 6 heteroatoms. The number of hydrogen-bond acceptors (Lipinski definition) is 3. The molecule has 1 saturated heterocycles. The summed E-state index contributed by atoms with van der Waals surface area (Å²) in [6.07, 6.45) is 5.58. The maximum absolute atomic E-state index is 12.6. The predicted octanol–water partition coefficient (Wildman–Crippen LogP) is 3.29. The van der Waals surface area contributed by atoms with Gasteiger partial charge in [0, 0.05) is 37.1 Å². The van der Waals surface area contributed by atoms with Crippen LogP contribution in [0.3, 0.4) is 0 Å². The number of nitrogens with one attached hydrogen (secondary N) is 2. The summed E-state index contributed by atoms with van der Waals surface area (Å²) in [5.74, 6) is 0.305. The second kappa shape index (κ2) is 9.39. The third-order valence-corrected chi connectivity index (χ3v) is 5.57. The quantitative estimate of drug-likeness (QED) is 0.664. The molecule has 6 nitrogen and oxygen atoms in total. The van der Waals surface area contributed by atoms with Gasteiger partial charge in [0.05, 0.1) is 12.7 Å². The molecule has 0 saturated carbocycles. The molecule has 1 aliphatic heterocycles. The Balaban J connectivity index is 1.28. The van der Waals surface area contributed by atoms with Gasteiger partial charge in [0.2, 0.25) is 5.91 Å². The zero-order valence-electron chi connectivity index (χ0n) is 16.9. The van der Waals surface area contributed by atoms with Crippen LogP contribution in [0.25, 0.3) is 11.1 Å². The van der Waals surface area contributed by atoms with Gasteiger partial charge >= 0.3 is 0 Å². The molecule has 0 radical (unpaired) electrons. The van der Waals surface area contributed by atoms with E-state index in [1.165, 1.54) is 0 Å². The van der Waals surface area contributed by atoms with Gasteiger partial charge < -0.3 is 15.2 Å². The Bertz CT molecular complexity index is 968. The van der Waals surface area contributed by atoms with Gasteiger partial charge in [0.25, 0.3) is 5.91 Å². The number of amides is 2. The zero-order chi connectivity index (χ0) is 20.8. The minimum Gasteiger partial charge on any atom is -0.352 e. The van der Waals surface area contributed by atoms with Gasteiger partial charge in [-0.05, 0) is 42.0 Å². The highest BCUT2D eigenvalue weighted by atomic mass is 16.2. The highest BCUT2D eigenvalue weighted by Crippen LogP contribution is 2.20. The fourth-order valence-corrected chi connectivity index (χ4v) is 3.90. The molecule has 1 atom stereocenters. The van der Waals surface area contributed by atoms with Crippen molar-refractivity contribution >= 4 is 11.8 Å². The number of aromatic amines is 1. The lowest BCUT2D eigenvalue weighted by Gasteiger charge is -2.33. The average Bonchev–Trinajstić information content (AvgIpc) is 3.31. The second-order valence-corrected chi connectivity index (χ2v) is 7.76. The lowest BCUT2D eigenvalue weighted by Crippen LogP contribution is -2.44. The van der Waals surface area contributed by atoms with Crippen LogP contribution in [0.15, 0.2) is 67.1 Å². The number of carbonyl (C=O) groups is 2. The number of H-pyrrole nitrogens is 1. The third-order valence-electron chi connectivity index (χ3n) is 5.57. The van der Waals surface area contributed by atoms with E-state index in [0.29, 0.717) is 25.1 Å². The lowest BCUT2D eigenvalue weighted by molar-refractivity contribution is -0.132. The molecular weight excluding hydrogens is 376 g/mol. The number of aromatic nitrogens is 2. The van der Waals surface area contributed by atoms with Crippen molar-refractivity contribution in [3.8, 4) is 11.1 Å². The van der Waals surface area contributed by atoms with Crippen molar-refractivity contribution in [2.45, 2.75) is 19.3 Å². The molecule has 2 N–H and O–H groups in total. The van der Waals surface area contributed by atoms with Crippen molar-refractivity contribution in [1.29, 1.82) is 0 Å². The van der Waals surface area contributed by atoms with Crippen molar-refractivity contribution in [3.05, 3.63) is 78.4 Å². The number of likely N-dealkylation sites (tertiary alicyclic amines) is 1. The molecule has 0 spiro atoms. The third kappa shape index (κ3) is 4.95. The molecule has 0 unspecified atom stereocenters. The second-order valence-electron chi connectivity index (χ2n) is 7.76. The molecule has 2 aromatic carbocycles. The minimum absolute atomic E-state index is 0.0736. The van der Waals surface area contributed by atoms with Crippen LogP contribution in [0.2, 0.25) is 0 Å². The molecule has 1 fully saturated rings. The van der Waals surface area contributed by atoms with Crippen LogP contribution in [0.1, 0.15) is 28.9 Å². The van der Waals surface area contributed by atoms with E-state index in [2.05, 4.69) is 27.4 Å². The first-order valence-corrected chi connectivity index (χ1v) is 10.4. The van der Waals surface area contributed by atoms with E-state index < -0.39 is 0 Å². The Hall–Kier alpha value is -3.41. The first-order valence-electron chi connectivity index (χ1n) is 10.4. The molecule has 1 aromatic heterocycles. The van der Waals surface area contributed by atoms with Gasteiger partial charge in [-0.1, -0.05) is 42.5 Å². The monoisotopic (exact) mass is 402 g/mol. The number of rotatable bonds is 6. The minimum atomic E-state index is -0.0736. The summed E-state index contributed by atoms with van der Waals surface area (Å²) in [6.45, 7) is 2.03. The van der Waals surface area contributed by atoms with E-state index in [0.717, 1.165) is 36.2 Å². The van der Waals surface area contributed by atoms with Crippen LogP contribution < -0.4 is 5.32 Å². The van der Waals surface area contributed by atoms with Crippen LogP contribution >= 0.6 is 0 Å². The number of nitrogens with zero attached hydrogens (tertiary/aromatic N) is 2. The van der Waals surface area contributed by atoms with Gasteiger partial charge in [-0.2, -0.15) is 0 Å². The first kappa shape index (κ1) is 19.9. The topological polar surface area (TPSA) is 78.1 Å². The first-order chi connectivity index (χ1) is 14.7.